The maximum atomic E-state index is 12.7. The first-order chi connectivity index (χ1) is 13.5. The number of para-hydroxylation sites is 1. The third kappa shape index (κ3) is 4.37. The van der Waals surface area contributed by atoms with Crippen molar-refractivity contribution in [1.29, 1.82) is 0 Å². The predicted octanol–water partition coefficient (Wildman–Crippen LogP) is 3.00. The maximum absolute atomic E-state index is 12.7. The number of nitrogens with one attached hydrogen (secondary N) is 2. The van der Waals surface area contributed by atoms with Crippen molar-refractivity contribution in [3.8, 4) is 11.5 Å². The molecule has 0 spiro atoms. The second-order valence-corrected chi connectivity index (χ2v) is 6.26. The number of hydrogen-bond donors (Lipinski definition) is 2. The lowest BCUT2D eigenvalue weighted by atomic mass is 9.89. The fourth-order valence-electron chi connectivity index (χ4n) is 2.97. The Morgan fingerprint density at radius 1 is 1.04 bits per heavy atom. The van der Waals surface area contributed by atoms with Crippen molar-refractivity contribution in [3.05, 3.63) is 65.9 Å². The van der Waals surface area contributed by atoms with Crippen molar-refractivity contribution in [2.75, 3.05) is 12.4 Å². The molecule has 1 heterocycles. The van der Waals surface area contributed by atoms with Crippen LogP contribution in [0.1, 0.15) is 13.3 Å². The molecule has 3 rings (SSSR count). The number of amides is 2. The third-order valence-electron chi connectivity index (χ3n) is 4.29. The monoisotopic (exact) mass is 380 g/mol. The Hall–Kier alpha value is -3.61. The van der Waals surface area contributed by atoms with Crippen molar-refractivity contribution in [1.82, 2.24) is 5.32 Å². The number of methoxy groups -OCH3 is 1. The molecule has 2 aromatic rings. The van der Waals surface area contributed by atoms with Gasteiger partial charge in [0.1, 0.15) is 11.5 Å². The second kappa shape index (κ2) is 8.39. The minimum Gasteiger partial charge on any atom is -0.466 e. The SMILES string of the molecule is COC(=O)C1=C(C)NC(=O)C[C@H]1C(=O)Nc1ccc(Oc2ccccc2)cc1. The molecule has 0 saturated carbocycles. The van der Waals surface area contributed by atoms with Crippen LogP contribution in [-0.4, -0.2) is 24.9 Å². The van der Waals surface area contributed by atoms with E-state index in [0.717, 1.165) is 0 Å². The average Bonchev–Trinajstić information content (AvgIpc) is 2.69. The topological polar surface area (TPSA) is 93.7 Å². The molecule has 7 heteroatoms. The molecule has 0 aromatic heterocycles. The van der Waals surface area contributed by atoms with Crippen LogP contribution in [0.25, 0.3) is 0 Å². The summed E-state index contributed by atoms with van der Waals surface area (Å²) < 4.78 is 10.5. The van der Waals surface area contributed by atoms with Crippen molar-refractivity contribution < 1.29 is 23.9 Å². The first kappa shape index (κ1) is 19.2. The van der Waals surface area contributed by atoms with E-state index in [1.165, 1.54) is 7.11 Å². The number of allylic oxidation sites excluding steroid dienone is 1. The lowest BCUT2D eigenvalue weighted by Crippen LogP contribution is -2.40. The zero-order valence-corrected chi connectivity index (χ0v) is 15.5. The van der Waals surface area contributed by atoms with E-state index < -0.39 is 17.8 Å². The summed E-state index contributed by atoms with van der Waals surface area (Å²) in [5.74, 6) is -1.00. The molecule has 0 bridgehead atoms. The number of anilines is 1. The Morgan fingerprint density at radius 2 is 1.68 bits per heavy atom. The molecule has 0 radical (unpaired) electrons. The van der Waals surface area contributed by atoms with Crippen LogP contribution in [0.2, 0.25) is 0 Å². The van der Waals surface area contributed by atoms with Gasteiger partial charge >= 0.3 is 5.97 Å². The number of benzene rings is 2. The number of ether oxygens (including phenoxy) is 2. The van der Waals surface area contributed by atoms with Gasteiger partial charge in [0, 0.05) is 17.8 Å². The molecule has 0 saturated heterocycles. The first-order valence-corrected chi connectivity index (χ1v) is 8.70. The fraction of sp³-hybridized carbons (Fsp3) is 0.190. The van der Waals surface area contributed by atoms with Crippen LogP contribution in [0.5, 0.6) is 11.5 Å². The quantitative estimate of drug-likeness (QED) is 0.778. The van der Waals surface area contributed by atoms with Crippen molar-refractivity contribution in [2.24, 2.45) is 5.92 Å². The molecule has 0 unspecified atom stereocenters. The highest BCUT2D eigenvalue weighted by Gasteiger charge is 2.36. The van der Waals surface area contributed by atoms with Crippen LogP contribution in [0.4, 0.5) is 5.69 Å². The zero-order chi connectivity index (χ0) is 20.1. The third-order valence-corrected chi connectivity index (χ3v) is 4.29. The van der Waals surface area contributed by atoms with E-state index in [9.17, 15) is 14.4 Å². The van der Waals surface area contributed by atoms with Gasteiger partial charge in [-0.1, -0.05) is 18.2 Å². The zero-order valence-electron chi connectivity index (χ0n) is 15.5. The Balaban J connectivity index is 1.72. The van der Waals surface area contributed by atoms with Gasteiger partial charge in [-0.3, -0.25) is 9.59 Å². The minimum absolute atomic E-state index is 0.122. The van der Waals surface area contributed by atoms with Crippen LogP contribution in [-0.2, 0) is 19.1 Å². The van der Waals surface area contributed by atoms with Crippen LogP contribution in [0.3, 0.4) is 0 Å². The van der Waals surface area contributed by atoms with E-state index in [4.69, 9.17) is 9.47 Å². The molecule has 2 amide bonds. The molecule has 28 heavy (non-hydrogen) atoms. The second-order valence-electron chi connectivity index (χ2n) is 6.26. The summed E-state index contributed by atoms with van der Waals surface area (Å²) in [7, 11) is 1.24. The highest BCUT2D eigenvalue weighted by Crippen LogP contribution is 2.27. The largest absolute Gasteiger partial charge is 0.466 e. The van der Waals surface area contributed by atoms with Crippen molar-refractivity contribution in [3.63, 3.8) is 0 Å². The molecular weight excluding hydrogens is 360 g/mol. The predicted molar refractivity (Wildman–Crippen MR) is 103 cm³/mol. The number of hydrogen-bond acceptors (Lipinski definition) is 5. The van der Waals surface area contributed by atoms with Gasteiger partial charge in [0.2, 0.25) is 11.8 Å². The van der Waals surface area contributed by atoms with Crippen molar-refractivity contribution in [2.45, 2.75) is 13.3 Å². The summed E-state index contributed by atoms with van der Waals surface area (Å²) in [6, 6.07) is 16.1. The summed E-state index contributed by atoms with van der Waals surface area (Å²) in [6.07, 6.45) is -0.122. The van der Waals surface area contributed by atoms with Gasteiger partial charge in [-0.15, -0.1) is 0 Å². The van der Waals surface area contributed by atoms with Gasteiger partial charge in [-0.25, -0.2) is 4.79 Å². The van der Waals surface area contributed by atoms with E-state index in [2.05, 4.69) is 10.6 Å². The average molecular weight is 380 g/mol. The van der Waals surface area contributed by atoms with Gasteiger partial charge in [0.05, 0.1) is 18.6 Å². The maximum Gasteiger partial charge on any atom is 0.336 e. The molecule has 0 fully saturated rings. The normalized spacial score (nSPS) is 16.2. The van der Waals surface area contributed by atoms with Crippen LogP contribution in [0.15, 0.2) is 65.9 Å². The van der Waals surface area contributed by atoms with Crippen molar-refractivity contribution >= 4 is 23.5 Å². The molecule has 7 nitrogen and oxygen atoms in total. The smallest absolute Gasteiger partial charge is 0.336 e. The van der Waals surface area contributed by atoms with Gasteiger partial charge in [0.15, 0.2) is 0 Å². The van der Waals surface area contributed by atoms with E-state index in [1.54, 1.807) is 31.2 Å². The molecule has 2 aromatic carbocycles. The standard InChI is InChI=1S/C21H20N2O5/c1-13-19(21(26)27-2)17(12-18(24)22-13)20(25)23-14-8-10-16(11-9-14)28-15-6-4-3-5-7-15/h3-11,17H,12H2,1-2H3,(H,22,24)(H,23,25)/t17-/m1/s1. The number of carbonyl (C=O) groups is 3. The van der Waals surface area contributed by atoms with Crippen LogP contribution >= 0.6 is 0 Å². The summed E-state index contributed by atoms with van der Waals surface area (Å²) in [4.78, 5) is 36.6. The number of carbonyl (C=O) groups excluding carboxylic acids is 3. The summed E-state index contributed by atoms with van der Waals surface area (Å²) in [6.45, 7) is 1.57. The Morgan fingerprint density at radius 3 is 2.32 bits per heavy atom. The summed E-state index contributed by atoms with van der Waals surface area (Å²) in [5.41, 5.74) is 1.01. The molecule has 1 aliphatic rings. The molecular formula is C21H20N2O5. The lowest BCUT2D eigenvalue weighted by Gasteiger charge is -2.25. The Labute approximate surface area is 162 Å². The van der Waals surface area contributed by atoms with E-state index >= 15 is 0 Å². The Bertz CT molecular complexity index is 920. The van der Waals surface area contributed by atoms with E-state index in [0.29, 0.717) is 22.9 Å². The molecule has 144 valence electrons. The van der Waals surface area contributed by atoms with Gasteiger partial charge in [0.25, 0.3) is 0 Å². The van der Waals surface area contributed by atoms with E-state index in [1.807, 2.05) is 30.3 Å². The van der Waals surface area contributed by atoms with Crippen LogP contribution in [0, 0.1) is 5.92 Å². The number of esters is 1. The minimum atomic E-state index is -0.915. The fourth-order valence-corrected chi connectivity index (χ4v) is 2.97. The Kier molecular flexibility index (Phi) is 5.74. The molecule has 2 N–H and O–H groups in total. The highest BCUT2D eigenvalue weighted by atomic mass is 16.5. The molecule has 0 aliphatic carbocycles. The summed E-state index contributed by atoms with van der Waals surface area (Å²) in [5, 5.41) is 5.30. The highest BCUT2D eigenvalue weighted by molar-refractivity contribution is 6.06. The van der Waals surface area contributed by atoms with Crippen LogP contribution < -0.4 is 15.4 Å². The van der Waals surface area contributed by atoms with Gasteiger partial charge in [-0.2, -0.15) is 0 Å². The van der Waals surface area contributed by atoms with E-state index in [-0.39, 0.29) is 17.9 Å². The van der Waals surface area contributed by atoms with Gasteiger partial charge in [-0.05, 0) is 43.3 Å². The number of rotatable bonds is 5. The lowest BCUT2D eigenvalue weighted by molar-refractivity contribution is -0.139. The molecule has 1 aliphatic heterocycles. The van der Waals surface area contributed by atoms with Gasteiger partial charge < -0.3 is 20.1 Å². The summed E-state index contributed by atoms with van der Waals surface area (Å²) >= 11 is 0. The molecule has 1 atom stereocenters. The first-order valence-electron chi connectivity index (χ1n) is 8.70.